The molecule has 1 heterocycles. The molecule has 4 nitrogen and oxygen atoms in total. The molecular weight excluding hydrogens is 372 g/mol. The van der Waals surface area contributed by atoms with Crippen molar-refractivity contribution in [3.05, 3.63) is 71.8 Å². The van der Waals surface area contributed by atoms with Crippen molar-refractivity contribution < 1.29 is 9.84 Å². The molecule has 0 amide bonds. The van der Waals surface area contributed by atoms with E-state index in [0.29, 0.717) is 13.2 Å². The summed E-state index contributed by atoms with van der Waals surface area (Å²) in [4.78, 5) is 4.62. The Hall–Kier alpha value is -2.27. The predicted octanol–water partition coefficient (Wildman–Crippen LogP) is 4.06. The Morgan fingerprint density at radius 3 is 2.50 bits per heavy atom. The highest BCUT2D eigenvalue weighted by molar-refractivity contribution is 6.30. The molecular formula is C23H25ClN2O2. The van der Waals surface area contributed by atoms with E-state index < -0.39 is 6.10 Å². The van der Waals surface area contributed by atoms with E-state index in [2.05, 4.69) is 28.0 Å². The standard InChI is InChI=1S/C23H25ClN2O2/c24-19-7-4-8-20(15-19)26-13-11-25(12-14-26)16-21(27)17-28-23-10-3-6-18-5-1-2-9-22(18)23/h1-10,15,21,27H,11-14,16-17H2/t21-/m1/s1. The van der Waals surface area contributed by atoms with Crippen molar-refractivity contribution in [1.82, 2.24) is 4.90 Å². The molecule has 3 aromatic carbocycles. The lowest BCUT2D eigenvalue weighted by Crippen LogP contribution is -2.49. The summed E-state index contributed by atoms with van der Waals surface area (Å²) in [6, 6.07) is 22.1. The second-order valence-corrected chi connectivity index (χ2v) is 7.65. The van der Waals surface area contributed by atoms with Gasteiger partial charge in [0.2, 0.25) is 0 Å². The zero-order chi connectivity index (χ0) is 19.3. The first-order chi connectivity index (χ1) is 13.7. The van der Waals surface area contributed by atoms with Gasteiger partial charge in [0, 0.05) is 48.8 Å². The number of aliphatic hydroxyl groups excluding tert-OH is 1. The molecule has 0 spiro atoms. The number of nitrogens with zero attached hydrogens (tertiary/aromatic N) is 2. The first kappa shape index (κ1) is 19.1. The van der Waals surface area contributed by atoms with Crippen LogP contribution in [0.5, 0.6) is 5.75 Å². The molecule has 0 aliphatic carbocycles. The number of anilines is 1. The average molecular weight is 397 g/mol. The normalized spacial score (nSPS) is 16.3. The summed E-state index contributed by atoms with van der Waals surface area (Å²) < 4.78 is 5.92. The van der Waals surface area contributed by atoms with Crippen LogP contribution in [0.4, 0.5) is 5.69 Å². The molecule has 1 aliphatic heterocycles. The van der Waals surface area contributed by atoms with Gasteiger partial charge in [-0.25, -0.2) is 0 Å². The fourth-order valence-electron chi connectivity index (χ4n) is 3.72. The number of β-amino-alcohol motifs (C(OH)–C–C–N with tert-alkyl or cyclic N) is 1. The van der Waals surface area contributed by atoms with E-state index in [1.165, 1.54) is 0 Å². The summed E-state index contributed by atoms with van der Waals surface area (Å²) in [5, 5.41) is 13.4. The number of hydrogen-bond donors (Lipinski definition) is 1. The van der Waals surface area contributed by atoms with Crippen molar-refractivity contribution in [2.45, 2.75) is 6.10 Å². The van der Waals surface area contributed by atoms with Crippen LogP contribution in [-0.4, -0.2) is 55.4 Å². The Balaban J connectivity index is 1.27. The molecule has 0 unspecified atom stereocenters. The molecule has 3 aromatic rings. The number of hydrogen-bond acceptors (Lipinski definition) is 4. The molecule has 4 rings (SSSR count). The minimum atomic E-state index is -0.517. The summed E-state index contributed by atoms with van der Waals surface area (Å²) in [5.74, 6) is 0.822. The summed E-state index contributed by atoms with van der Waals surface area (Å²) >= 11 is 6.10. The van der Waals surface area contributed by atoms with Gasteiger partial charge in [-0.2, -0.15) is 0 Å². The number of aliphatic hydroxyl groups is 1. The lowest BCUT2D eigenvalue weighted by Gasteiger charge is -2.36. The molecule has 1 atom stereocenters. The van der Waals surface area contributed by atoms with E-state index >= 15 is 0 Å². The van der Waals surface area contributed by atoms with Crippen LogP contribution in [0.25, 0.3) is 10.8 Å². The monoisotopic (exact) mass is 396 g/mol. The van der Waals surface area contributed by atoms with E-state index in [-0.39, 0.29) is 0 Å². The largest absolute Gasteiger partial charge is 0.490 e. The van der Waals surface area contributed by atoms with Crippen LogP contribution in [0.2, 0.25) is 5.02 Å². The van der Waals surface area contributed by atoms with Crippen LogP contribution in [0.15, 0.2) is 66.7 Å². The first-order valence-corrected chi connectivity index (χ1v) is 10.1. The Bertz CT molecular complexity index is 920. The van der Waals surface area contributed by atoms with Gasteiger partial charge in [-0.1, -0.05) is 54.1 Å². The average Bonchev–Trinajstić information content (AvgIpc) is 2.73. The summed E-state index contributed by atoms with van der Waals surface area (Å²) in [6.07, 6.45) is -0.517. The molecule has 28 heavy (non-hydrogen) atoms. The minimum absolute atomic E-state index is 0.294. The van der Waals surface area contributed by atoms with Crippen molar-refractivity contribution in [3.8, 4) is 5.75 Å². The van der Waals surface area contributed by atoms with E-state index in [4.69, 9.17) is 16.3 Å². The highest BCUT2D eigenvalue weighted by atomic mass is 35.5. The van der Waals surface area contributed by atoms with Crippen LogP contribution in [-0.2, 0) is 0 Å². The lowest BCUT2D eigenvalue weighted by atomic mass is 10.1. The zero-order valence-electron chi connectivity index (χ0n) is 15.8. The maximum Gasteiger partial charge on any atom is 0.127 e. The minimum Gasteiger partial charge on any atom is -0.490 e. The van der Waals surface area contributed by atoms with Crippen LogP contribution < -0.4 is 9.64 Å². The highest BCUT2D eigenvalue weighted by Gasteiger charge is 2.20. The van der Waals surface area contributed by atoms with Crippen LogP contribution >= 0.6 is 11.6 Å². The van der Waals surface area contributed by atoms with Crippen LogP contribution in [0, 0.1) is 0 Å². The quantitative estimate of drug-likeness (QED) is 0.681. The van der Waals surface area contributed by atoms with E-state index in [1.54, 1.807) is 0 Å². The molecule has 1 aliphatic rings. The van der Waals surface area contributed by atoms with Gasteiger partial charge in [-0.15, -0.1) is 0 Å². The lowest BCUT2D eigenvalue weighted by molar-refractivity contribution is 0.0668. The maximum absolute atomic E-state index is 10.5. The first-order valence-electron chi connectivity index (χ1n) is 9.70. The van der Waals surface area contributed by atoms with Crippen LogP contribution in [0.3, 0.4) is 0 Å². The summed E-state index contributed by atoms with van der Waals surface area (Å²) in [6.45, 7) is 4.60. The van der Waals surface area contributed by atoms with Gasteiger partial charge >= 0.3 is 0 Å². The van der Waals surface area contributed by atoms with E-state index in [1.807, 2.05) is 48.5 Å². The Morgan fingerprint density at radius 1 is 0.929 bits per heavy atom. The molecule has 0 radical (unpaired) electrons. The predicted molar refractivity (Wildman–Crippen MR) is 116 cm³/mol. The second kappa shape index (κ2) is 8.82. The number of fused-ring (bicyclic) bond motifs is 1. The fourth-order valence-corrected chi connectivity index (χ4v) is 3.90. The van der Waals surface area contributed by atoms with Gasteiger partial charge in [0.05, 0.1) is 0 Å². The SMILES string of the molecule is O[C@@H](COc1cccc2ccccc12)CN1CCN(c2cccc(Cl)c2)CC1. The number of benzene rings is 3. The topological polar surface area (TPSA) is 35.9 Å². The van der Waals surface area contributed by atoms with E-state index in [0.717, 1.165) is 53.4 Å². The van der Waals surface area contributed by atoms with Gasteiger partial charge in [0.25, 0.3) is 0 Å². The third-order valence-electron chi connectivity index (χ3n) is 5.20. The van der Waals surface area contributed by atoms with E-state index in [9.17, 15) is 5.11 Å². The summed E-state index contributed by atoms with van der Waals surface area (Å²) in [7, 11) is 0. The molecule has 1 fully saturated rings. The fraction of sp³-hybridized carbons (Fsp3) is 0.304. The molecule has 5 heteroatoms. The Labute approximate surface area is 170 Å². The maximum atomic E-state index is 10.5. The molecule has 1 N–H and O–H groups in total. The molecule has 0 saturated carbocycles. The highest BCUT2D eigenvalue weighted by Crippen LogP contribution is 2.25. The van der Waals surface area contributed by atoms with Crippen molar-refractivity contribution in [2.24, 2.45) is 0 Å². The van der Waals surface area contributed by atoms with Crippen molar-refractivity contribution >= 4 is 28.1 Å². The Kier molecular flexibility index (Phi) is 6.01. The van der Waals surface area contributed by atoms with Crippen molar-refractivity contribution in [1.29, 1.82) is 0 Å². The molecule has 0 aromatic heterocycles. The van der Waals surface area contributed by atoms with Gasteiger partial charge < -0.3 is 14.7 Å². The number of ether oxygens (including phenoxy) is 1. The van der Waals surface area contributed by atoms with Crippen LogP contribution in [0.1, 0.15) is 0 Å². The van der Waals surface area contributed by atoms with Crippen molar-refractivity contribution in [2.75, 3.05) is 44.2 Å². The number of rotatable bonds is 6. The summed E-state index contributed by atoms with van der Waals surface area (Å²) in [5.41, 5.74) is 1.16. The second-order valence-electron chi connectivity index (χ2n) is 7.21. The molecule has 1 saturated heterocycles. The Morgan fingerprint density at radius 2 is 1.68 bits per heavy atom. The molecule has 146 valence electrons. The van der Waals surface area contributed by atoms with Crippen molar-refractivity contribution in [3.63, 3.8) is 0 Å². The zero-order valence-corrected chi connectivity index (χ0v) is 16.6. The molecule has 0 bridgehead atoms. The third kappa shape index (κ3) is 4.58. The smallest absolute Gasteiger partial charge is 0.127 e. The van der Waals surface area contributed by atoms with Gasteiger partial charge in [-0.3, -0.25) is 4.90 Å². The number of piperazine rings is 1. The van der Waals surface area contributed by atoms with Gasteiger partial charge in [0.15, 0.2) is 0 Å². The third-order valence-corrected chi connectivity index (χ3v) is 5.43. The van der Waals surface area contributed by atoms with Gasteiger partial charge in [0.1, 0.15) is 18.5 Å². The number of halogens is 1. The van der Waals surface area contributed by atoms with Gasteiger partial charge in [-0.05, 0) is 29.7 Å².